The van der Waals surface area contributed by atoms with Crippen molar-refractivity contribution in [3.8, 4) is 11.5 Å². The SMILES string of the molecule is COc1ccc(NC(=O)CC2C(=O)N(c3ccc(OC)cc3)C(=S)N2CCc2ccccc2F)cc1. The van der Waals surface area contributed by atoms with E-state index >= 15 is 0 Å². The molecule has 3 aromatic carbocycles. The van der Waals surface area contributed by atoms with Crippen LogP contribution in [0.5, 0.6) is 11.5 Å². The van der Waals surface area contributed by atoms with Crippen LogP contribution in [-0.2, 0) is 16.0 Å². The molecule has 0 aromatic heterocycles. The lowest BCUT2D eigenvalue weighted by atomic mass is 10.1. The molecule has 1 saturated heterocycles. The average molecular weight is 508 g/mol. The zero-order valence-electron chi connectivity index (χ0n) is 19.9. The van der Waals surface area contributed by atoms with E-state index in [1.165, 1.54) is 11.0 Å². The summed E-state index contributed by atoms with van der Waals surface area (Å²) in [6.45, 7) is 0.276. The van der Waals surface area contributed by atoms with Gasteiger partial charge in [0, 0.05) is 12.2 Å². The maximum absolute atomic E-state index is 14.2. The summed E-state index contributed by atoms with van der Waals surface area (Å²) in [4.78, 5) is 29.6. The molecule has 0 aliphatic carbocycles. The Bertz CT molecular complexity index is 1250. The van der Waals surface area contributed by atoms with Crippen molar-refractivity contribution in [3.63, 3.8) is 0 Å². The van der Waals surface area contributed by atoms with Gasteiger partial charge in [-0.2, -0.15) is 0 Å². The zero-order chi connectivity index (χ0) is 25.7. The number of thiocarbonyl (C=S) groups is 1. The van der Waals surface area contributed by atoms with E-state index < -0.39 is 6.04 Å². The summed E-state index contributed by atoms with van der Waals surface area (Å²) in [5.41, 5.74) is 1.66. The second-order valence-electron chi connectivity index (χ2n) is 8.19. The minimum Gasteiger partial charge on any atom is -0.497 e. The van der Waals surface area contributed by atoms with Crippen LogP contribution in [0.1, 0.15) is 12.0 Å². The van der Waals surface area contributed by atoms with Crippen molar-refractivity contribution >= 4 is 40.5 Å². The second kappa shape index (κ2) is 11.2. The Labute approximate surface area is 214 Å². The van der Waals surface area contributed by atoms with Gasteiger partial charge in [-0.15, -0.1) is 0 Å². The lowest BCUT2D eigenvalue weighted by molar-refractivity contribution is -0.124. The topological polar surface area (TPSA) is 71.1 Å². The lowest BCUT2D eigenvalue weighted by Gasteiger charge is -2.24. The molecule has 1 aliphatic rings. The normalized spacial score (nSPS) is 15.2. The van der Waals surface area contributed by atoms with Gasteiger partial charge in [0.05, 0.1) is 26.3 Å². The van der Waals surface area contributed by atoms with Gasteiger partial charge in [-0.1, -0.05) is 18.2 Å². The van der Waals surface area contributed by atoms with Crippen molar-refractivity contribution in [1.82, 2.24) is 4.90 Å². The van der Waals surface area contributed by atoms with E-state index in [-0.39, 0.29) is 35.7 Å². The number of carbonyl (C=O) groups excluding carboxylic acids is 2. The van der Waals surface area contributed by atoms with Gasteiger partial charge >= 0.3 is 0 Å². The molecule has 36 heavy (non-hydrogen) atoms. The van der Waals surface area contributed by atoms with E-state index in [1.54, 1.807) is 85.8 Å². The fourth-order valence-electron chi connectivity index (χ4n) is 4.06. The minimum absolute atomic E-state index is 0.116. The van der Waals surface area contributed by atoms with Crippen LogP contribution in [0.3, 0.4) is 0 Å². The number of nitrogens with zero attached hydrogens (tertiary/aromatic N) is 2. The van der Waals surface area contributed by atoms with Crippen LogP contribution in [0, 0.1) is 5.82 Å². The first-order valence-electron chi connectivity index (χ1n) is 11.4. The Morgan fingerprint density at radius 3 is 2.19 bits per heavy atom. The molecular weight excluding hydrogens is 481 g/mol. The largest absolute Gasteiger partial charge is 0.497 e. The maximum atomic E-state index is 14.2. The van der Waals surface area contributed by atoms with Crippen molar-refractivity contribution in [2.24, 2.45) is 0 Å². The van der Waals surface area contributed by atoms with Crippen LogP contribution in [0.15, 0.2) is 72.8 Å². The molecule has 1 atom stereocenters. The highest BCUT2D eigenvalue weighted by Crippen LogP contribution is 2.29. The Morgan fingerprint density at radius 1 is 0.972 bits per heavy atom. The summed E-state index contributed by atoms with van der Waals surface area (Å²) in [6, 6.07) is 19.5. The number of benzene rings is 3. The highest BCUT2D eigenvalue weighted by molar-refractivity contribution is 7.80. The molecule has 7 nitrogen and oxygen atoms in total. The van der Waals surface area contributed by atoms with E-state index in [1.807, 2.05) is 0 Å². The van der Waals surface area contributed by atoms with E-state index in [0.717, 1.165) is 0 Å². The third-order valence-electron chi connectivity index (χ3n) is 5.98. The summed E-state index contributed by atoms with van der Waals surface area (Å²) < 4.78 is 24.6. The smallest absolute Gasteiger partial charge is 0.256 e. The lowest BCUT2D eigenvalue weighted by Crippen LogP contribution is -2.39. The molecule has 3 aromatic rings. The molecule has 9 heteroatoms. The number of hydrogen-bond acceptors (Lipinski definition) is 5. The second-order valence-corrected chi connectivity index (χ2v) is 8.55. The first kappa shape index (κ1) is 25.1. The van der Waals surface area contributed by atoms with Gasteiger partial charge in [-0.3, -0.25) is 14.5 Å². The maximum Gasteiger partial charge on any atom is 0.256 e. The fraction of sp³-hybridized carbons (Fsp3) is 0.222. The molecule has 1 unspecified atom stereocenters. The van der Waals surface area contributed by atoms with Gasteiger partial charge < -0.3 is 19.7 Å². The molecular formula is C27H26FN3O4S. The molecule has 1 fully saturated rings. The van der Waals surface area contributed by atoms with E-state index in [0.29, 0.717) is 34.9 Å². The van der Waals surface area contributed by atoms with Gasteiger partial charge in [-0.05, 0) is 78.8 Å². The molecule has 1 heterocycles. The summed E-state index contributed by atoms with van der Waals surface area (Å²) in [5, 5.41) is 3.08. The molecule has 0 bridgehead atoms. The Balaban J connectivity index is 1.55. The Kier molecular flexibility index (Phi) is 7.80. The molecule has 2 amide bonds. The number of methoxy groups -OCH3 is 2. The van der Waals surface area contributed by atoms with Crippen LogP contribution in [0.2, 0.25) is 0 Å². The van der Waals surface area contributed by atoms with Crippen LogP contribution < -0.4 is 19.7 Å². The monoisotopic (exact) mass is 507 g/mol. The van der Waals surface area contributed by atoms with E-state index in [4.69, 9.17) is 21.7 Å². The van der Waals surface area contributed by atoms with Crippen LogP contribution in [-0.4, -0.2) is 48.6 Å². The van der Waals surface area contributed by atoms with Crippen LogP contribution in [0.25, 0.3) is 0 Å². The molecule has 0 spiro atoms. The van der Waals surface area contributed by atoms with Gasteiger partial charge in [0.15, 0.2) is 5.11 Å². The van der Waals surface area contributed by atoms with Crippen LogP contribution >= 0.6 is 12.2 Å². The molecule has 186 valence electrons. The first-order chi connectivity index (χ1) is 17.4. The highest BCUT2D eigenvalue weighted by Gasteiger charge is 2.44. The average Bonchev–Trinajstić information content (AvgIpc) is 3.12. The summed E-state index contributed by atoms with van der Waals surface area (Å²) in [6.07, 6.45) is 0.210. The van der Waals surface area contributed by atoms with E-state index in [2.05, 4.69) is 5.32 Å². The third kappa shape index (κ3) is 5.46. The highest BCUT2D eigenvalue weighted by atomic mass is 32.1. The van der Waals surface area contributed by atoms with E-state index in [9.17, 15) is 14.0 Å². The number of ether oxygens (including phenoxy) is 2. The standard InChI is InChI=1S/C27H26FN3O4S/c1-34-21-11-7-19(8-12-21)29-25(32)17-24-26(33)31(20-9-13-22(35-2)14-10-20)27(36)30(24)16-15-18-5-3-4-6-23(18)28/h3-14,24H,15-17H2,1-2H3,(H,29,32). The zero-order valence-corrected chi connectivity index (χ0v) is 20.8. The van der Waals surface area contributed by atoms with Gasteiger partial charge in [0.1, 0.15) is 23.4 Å². The quantitative estimate of drug-likeness (QED) is 0.433. The molecule has 1 N–H and O–H groups in total. The van der Waals surface area contributed by atoms with Crippen molar-refractivity contribution in [1.29, 1.82) is 0 Å². The third-order valence-corrected chi connectivity index (χ3v) is 6.40. The van der Waals surface area contributed by atoms with Gasteiger partial charge in [0.2, 0.25) is 5.91 Å². The van der Waals surface area contributed by atoms with Gasteiger partial charge in [0.25, 0.3) is 5.91 Å². The summed E-state index contributed by atoms with van der Waals surface area (Å²) >= 11 is 5.68. The number of hydrogen-bond donors (Lipinski definition) is 1. The Morgan fingerprint density at radius 2 is 1.58 bits per heavy atom. The number of anilines is 2. The van der Waals surface area contributed by atoms with Crippen molar-refractivity contribution < 1.29 is 23.5 Å². The predicted octanol–water partition coefficient (Wildman–Crippen LogP) is 4.42. The van der Waals surface area contributed by atoms with Crippen molar-refractivity contribution in [2.75, 3.05) is 31.0 Å². The van der Waals surface area contributed by atoms with Crippen molar-refractivity contribution in [2.45, 2.75) is 18.9 Å². The van der Waals surface area contributed by atoms with Gasteiger partial charge in [-0.25, -0.2) is 4.39 Å². The molecule has 4 rings (SSSR count). The molecule has 1 aliphatic heterocycles. The minimum atomic E-state index is -0.829. The Hall–Kier alpha value is -3.98. The summed E-state index contributed by atoms with van der Waals surface area (Å²) in [7, 11) is 3.12. The molecule has 0 saturated carbocycles. The summed E-state index contributed by atoms with van der Waals surface area (Å²) in [5.74, 6) is 0.328. The van der Waals surface area contributed by atoms with Crippen LogP contribution in [0.4, 0.5) is 15.8 Å². The van der Waals surface area contributed by atoms with Crippen molar-refractivity contribution in [3.05, 3.63) is 84.2 Å². The fourth-order valence-corrected chi connectivity index (χ4v) is 4.47. The number of halogens is 1. The number of carbonyl (C=O) groups is 2. The number of amides is 2. The number of rotatable bonds is 9. The first-order valence-corrected chi connectivity index (χ1v) is 11.8. The predicted molar refractivity (Wildman–Crippen MR) is 140 cm³/mol. The number of nitrogens with one attached hydrogen (secondary N) is 1. The molecule has 0 radical (unpaired) electrons.